The Kier molecular flexibility index (Phi) is 3.69. The predicted octanol–water partition coefficient (Wildman–Crippen LogP) is 3.22. The van der Waals surface area contributed by atoms with E-state index in [4.69, 9.17) is 21.6 Å². The Morgan fingerprint density at radius 3 is 3.10 bits per heavy atom. The van der Waals surface area contributed by atoms with Gasteiger partial charge in [-0.1, -0.05) is 11.6 Å². The molecule has 3 rings (SSSR count). The van der Waals surface area contributed by atoms with Crippen molar-refractivity contribution in [1.82, 2.24) is 0 Å². The number of carbonyl (C=O) groups excluding carboxylic acids is 1. The SMILES string of the molecule is N#Cc1csc(CNc2cc3c(cc2Cl)NC(=O)CO3)c1. The fourth-order valence-corrected chi connectivity index (χ4v) is 2.93. The van der Waals surface area contributed by atoms with Crippen molar-refractivity contribution in [2.24, 2.45) is 0 Å². The topological polar surface area (TPSA) is 74.2 Å². The van der Waals surface area contributed by atoms with Crippen molar-refractivity contribution < 1.29 is 9.53 Å². The minimum Gasteiger partial charge on any atom is -0.482 e. The number of thiophene rings is 1. The Hall–Kier alpha value is -2.23. The molecule has 1 amide bonds. The van der Waals surface area contributed by atoms with Gasteiger partial charge in [0.05, 0.1) is 22.0 Å². The second-order valence-corrected chi connectivity index (χ2v) is 5.84. The molecule has 0 saturated heterocycles. The molecular weight excluding hydrogens is 310 g/mol. The zero-order valence-electron chi connectivity index (χ0n) is 10.8. The van der Waals surface area contributed by atoms with Crippen molar-refractivity contribution in [2.45, 2.75) is 6.54 Å². The van der Waals surface area contributed by atoms with Gasteiger partial charge < -0.3 is 15.4 Å². The molecule has 0 spiro atoms. The Balaban J connectivity index is 1.76. The normalized spacial score (nSPS) is 12.9. The molecule has 2 aromatic rings. The van der Waals surface area contributed by atoms with Crippen LogP contribution < -0.4 is 15.4 Å². The van der Waals surface area contributed by atoms with Crippen LogP contribution in [0.3, 0.4) is 0 Å². The van der Waals surface area contributed by atoms with Gasteiger partial charge in [0.1, 0.15) is 11.8 Å². The lowest BCUT2D eigenvalue weighted by Gasteiger charge is -2.19. The lowest BCUT2D eigenvalue weighted by Crippen LogP contribution is -2.25. The van der Waals surface area contributed by atoms with E-state index in [0.717, 1.165) is 10.6 Å². The number of hydrogen-bond acceptors (Lipinski definition) is 5. The lowest BCUT2D eigenvalue weighted by molar-refractivity contribution is -0.118. The third-order valence-corrected chi connectivity index (χ3v) is 4.19. The van der Waals surface area contributed by atoms with Gasteiger partial charge in [-0.3, -0.25) is 4.79 Å². The van der Waals surface area contributed by atoms with Crippen LogP contribution >= 0.6 is 22.9 Å². The summed E-state index contributed by atoms with van der Waals surface area (Å²) in [5.74, 6) is 0.396. The molecule has 106 valence electrons. The van der Waals surface area contributed by atoms with Gasteiger partial charge >= 0.3 is 0 Å². The van der Waals surface area contributed by atoms with Gasteiger partial charge in [-0.05, 0) is 12.1 Å². The van der Waals surface area contributed by atoms with E-state index < -0.39 is 0 Å². The summed E-state index contributed by atoms with van der Waals surface area (Å²) in [5, 5.41) is 17.0. The number of nitrogens with one attached hydrogen (secondary N) is 2. The number of hydrogen-bond donors (Lipinski definition) is 2. The first-order valence-electron chi connectivity index (χ1n) is 6.13. The minimum absolute atomic E-state index is 0.00449. The highest BCUT2D eigenvalue weighted by Crippen LogP contribution is 2.36. The van der Waals surface area contributed by atoms with E-state index in [2.05, 4.69) is 16.7 Å². The quantitative estimate of drug-likeness (QED) is 0.911. The summed E-state index contributed by atoms with van der Waals surface area (Å²) in [6.45, 7) is 0.571. The van der Waals surface area contributed by atoms with Crippen LogP contribution in [0.15, 0.2) is 23.6 Å². The minimum atomic E-state index is -0.193. The monoisotopic (exact) mass is 319 g/mol. The number of amides is 1. The summed E-state index contributed by atoms with van der Waals surface area (Å²) in [6.07, 6.45) is 0. The molecule has 7 heteroatoms. The highest BCUT2D eigenvalue weighted by atomic mass is 35.5. The van der Waals surface area contributed by atoms with E-state index in [1.807, 2.05) is 11.4 Å². The Bertz CT molecular complexity index is 751. The summed E-state index contributed by atoms with van der Waals surface area (Å²) >= 11 is 7.70. The van der Waals surface area contributed by atoms with Crippen molar-refractivity contribution in [1.29, 1.82) is 5.26 Å². The molecule has 0 radical (unpaired) electrons. The largest absolute Gasteiger partial charge is 0.482 e. The predicted molar refractivity (Wildman–Crippen MR) is 81.9 cm³/mol. The summed E-state index contributed by atoms with van der Waals surface area (Å²) in [6, 6.07) is 7.35. The molecule has 0 aliphatic carbocycles. The Labute approximate surface area is 130 Å². The summed E-state index contributed by atoms with van der Waals surface area (Å²) in [7, 11) is 0. The summed E-state index contributed by atoms with van der Waals surface area (Å²) in [4.78, 5) is 12.3. The maximum atomic E-state index is 11.2. The van der Waals surface area contributed by atoms with Crippen LogP contribution in [-0.2, 0) is 11.3 Å². The average Bonchev–Trinajstić information content (AvgIpc) is 2.93. The highest BCUT2D eigenvalue weighted by Gasteiger charge is 2.18. The number of nitriles is 1. The molecule has 0 atom stereocenters. The van der Waals surface area contributed by atoms with E-state index in [1.165, 1.54) is 11.3 Å². The molecule has 1 aliphatic heterocycles. The molecule has 0 fully saturated rings. The zero-order chi connectivity index (χ0) is 14.8. The van der Waals surface area contributed by atoms with Gasteiger partial charge in [0.15, 0.2) is 6.61 Å². The maximum Gasteiger partial charge on any atom is 0.262 e. The number of ether oxygens (including phenoxy) is 1. The van der Waals surface area contributed by atoms with E-state index in [-0.39, 0.29) is 12.5 Å². The number of halogens is 1. The molecular formula is C14H10ClN3O2S. The molecule has 0 bridgehead atoms. The van der Waals surface area contributed by atoms with Gasteiger partial charge in [-0.2, -0.15) is 5.26 Å². The Morgan fingerprint density at radius 1 is 1.48 bits per heavy atom. The summed E-state index contributed by atoms with van der Waals surface area (Å²) in [5.41, 5.74) is 1.95. The van der Waals surface area contributed by atoms with Crippen LogP contribution in [-0.4, -0.2) is 12.5 Å². The smallest absolute Gasteiger partial charge is 0.262 e. The van der Waals surface area contributed by atoms with Crippen LogP contribution in [0.4, 0.5) is 11.4 Å². The van der Waals surface area contributed by atoms with Crippen LogP contribution in [0.2, 0.25) is 5.02 Å². The van der Waals surface area contributed by atoms with E-state index >= 15 is 0 Å². The van der Waals surface area contributed by atoms with Crippen molar-refractivity contribution in [2.75, 3.05) is 17.2 Å². The van der Waals surface area contributed by atoms with Gasteiger partial charge in [0.2, 0.25) is 0 Å². The first-order valence-corrected chi connectivity index (χ1v) is 7.39. The second-order valence-electron chi connectivity index (χ2n) is 4.43. The molecule has 2 N–H and O–H groups in total. The van der Waals surface area contributed by atoms with Crippen LogP contribution in [0.5, 0.6) is 5.75 Å². The second kappa shape index (κ2) is 5.64. The number of anilines is 2. The van der Waals surface area contributed by atoms with Crippen LogP contribution in [0.25, 0.3) is 0 Å². The highest BCUT2D eigenvalue weighted by molar-refractivity contribution is 7.10. The fourth-order valence-electron chi connectivity index (χ4n) is 1.95. The third-order valence-electron chi connectivity index (χ3n) is 2.94. The van der Waals surface area contributed by atoms with Crippen LogP contribution in [0, 0.1) is 11.3 Å². The molecule has 2 heterocycles. The van der Waals surface area contributed by atoms with Gasteiger partial charge in [-0.15, -0.1) is 11.3 Å². The molecule has 21 heavy (non-hydrogen) atoms. The zero-order valence-corrected chi connectivity index (χ0v) is 12.3. The number of benzene rings is 1. The fraction of sp³-hybridized carbons (Fsp3) is 0.143. The Morgan fingerprint density at radius 2 is 2.33 bits per heavy atom. The van der Waals surface area contributed by atoms with Crippen molar-refractivity contribution in [3.8, 4) is 11.8 Å². The van der Waals surface area contributed by atoms with Crippen molar-refractivity contribution >= 4 is 40.2 Å². The van der Waals surface area contributed by atoms with Crippen molar-refractivity contribution in [3.63, 3.8) is 0 Å². The number of carbonyl (C=O) groups is 1. The maximum absolute atomic E-state index is 11.2. The number of fused-ring (bicyclic) bond motifs is 1. The molecule has 1 aliphatic rings. The van der Waals surface area contributed by atoms with Gasteiger partial charge in [-0.25, -0.2) is 0 Å². The van der Waals surface area contributed by atoms with Crippen molar-refractivity contribution in [3.05, 3.63) is 39.0 Å². The first-order chi connectivity index (χ1) is 10.2. The molecule has 5 nitrogen and oxygen atoms in total. The standard InChI is InChI=1S/C14H10ClN3O2S/c15-10-2-12-13(20-6-14(19)18-12)3-11(10)17-5-9-1-8(4-16)7-21-9/h1-3,7,17H,5-6H2,(H,18,19). The number of nitrogens with zero attached hydrogens (tertiary/aromatic N) is 1. The van der Waals surface area contributed by atoms with E-state index in [9.17, 15) is 4.79 Å². The third kappa shape index (κ3) is 2.94. The van der Waals surface area contributed by atoms with Crippen LogP contribution in [0.1, 0.15) is 10.4 Å². The summed E-state index contributed by atoms with van der Waals surface area (Å²) < 4.78 is 5.35. The number of rotatable bonds is 3. The molecule has 1 aromatic heterocycles. The first kappa shape index (κ1) is 13.7. The average molecular weight is 320 g/mol. The van der Waals surface area contributed by atoms with E-state index in [1.54, 1.807) is 12.1 Å². The molecule has 1 aromatic carbocycles. The lowest BCUT2D eigenvalue weighted by atomic mass is 10.2. The van der Waals surface area contributed by atoms with Gasteiger partial charge in [0.25, 0.3) is 5.91 Å². The molecule has 0 saturated carbocycles. The van der Waals surface area contributed by atoms with E-state index in [0.29, 0.717) is 28.6 Å². The van der Waals surface area contributed by atoms with Gasteiger partial charge in [0, 0.05) is 22.9 Å². The molecule has 0 unspecified atom stereocenters.